The summed E-state index contributed by atoms with van der Waals surface area (Å²) in [4.78, 5) is 13.9. The van der Waals surface area contributed by atoms with Crippen LogP contribution >= 0.6 is 0 Å². The van der Waals surface area contributed by atoms with Crippen molar-refractivity contribution in [3.05, 3.63) is 65.2 Å². The maximum Gasteiger partial charge on any atom is 0.292 e. The molecule has 12 heteroatoms. The Labute approximate surface area is 513 Å². The predicted molar refractivity (Wildman–Crippen MR) is 341 cm³/mol. The number of isocyanates is 1. The van der Waals surface area contributed by atoms with Gasteiger partial charge in [0.05, 0.1) is 6.54 Å². The molecule has 84 heavy (non-hydrogen) atoms. The quantitative estimate of drug-likeness (QED) is 0.0376. The molecule has 3 aliphatic carbocycles. The fraction of sp³-hybridized carbons (Fsp3) is 0.750. The van der Waals surface area contributed by atoms with E-state index in [9.17, 15) is 4.79 Å². The van der Waals surface area contributed by atoms with Gasteiger partial charge in [-0.25, -0.2) is 9.79 Å². The van der Waals surface area contributed by atoms with Gasteiger partial charge in [-0.15, -0.1) is 5.26 Å². The Balaban J connectivity index is 0.000000993. The van der Waals surface area contributed by atoms with E-state index in [0.29, 0.717) is 48.9 Å². The van der Waals surface area contributed by atoms with Crippen molar-refractivity contribution in [2.45, 2.75) is 264 Å². The van der Waals surface area contributed by atoms with Crippen LogP contribution in [0, 0.1) is 122 Å². The van der Waals surface area contributed by atoms with E-state index >= 15 is 0 Å². The van der Waals surface area contributed by atoms with Crippen LogP contribution in [0.4, 0.5) is 0 Å². The number of carbonyl (C=O) groups excluding carboxylic acids is 1. The molecule has 470 valence electrons. The highest BCUT2D eigenvalue weighted by Crippen LogP contribution is 2.48. The standard InChI is InChI=1S/C15H25NO.C15H13NO.C12H21NO.2C11H21NO.C8H15NO/c1-12-2-4-13(5-3-12)10-14-6-8-15(9-7-14)17-11-16;1-12-3-2-4-14(9-12)10-13-5-7-15(8-6-13)17-11-16;1-10-5-11(2,3)7-12(4,6-10)8-13-9-14;1-5-6-11(3,4)7-10(2)8-13-9-12;1-5-6-10(2)7-11(3,4)8-13-9-12;1-2-3-4-5-6-7-10-8-9/h12-15H,2-10H2,1H3;2-9H,10H2,1H3;10H,5-8H2,1-4H3;2*10H,5-8H2,1-4H3;2-7H2,1H3. The van der Waals surface area contributed by atoms with E-state index in [1.807, 2.05) is 30.5 Å². The maximum atomic E-state index is 10.1. The molecule has 0 aromatic heterocycles. The lowest BCUT2D eigenvalue weighted by Gasteiger charge is -2.45. The van der Waals surface area contributed by atoms with Crippen LogP contribution in [-0.2, 0) is 30.2 Å². The summed E-state index contributed by atoms with van der Waals surface area (Å²) in [5.41, 5.74) is 4.88. The zero-order valence-corrected chi connectivity index (χ0v) is 55.6. The number of unbranched alkanes of at least 4 members (excludes halogenated alkanes) is 4. The number of aryl methyl sites for hydroxylation is 1. The average molecular weight is 1160 g/mol. The normalized spacial score (nSPS) is 21.0. The maximum absolute atomic E-state index is 10.1. The predicted octanol–water partition coefficient (Wildman–Crippen LogP) is 20.0. The number of hydrogen-bond donors (Lipinski definition) is 0. The largest absolute Gasteiger partial charge is 0.428 e. The van der Waals surface area contributed by atoms with Crippen LogP contribution in [0.1, 0.15) is 261 Å². The third-order valence-corrected chi connectivity index (χ3v) is 16.5. The summed E-state index contributed by atoms with van der Waals surface area (Å²) >= 11 is 0. The highest BCUT2D eigenvalue weighted by molar-refractivity contribution is 5.33. The SMILES string of the molecule is CC1CC(C)(C)CC(C)(CN=C=O)C1.CC1CCC(CC2CCC(OC#N)CC2)CC1.CCCC(C)(C)CC(C)COC#N.CCCC(C)CC(C)(C)COC#N.CCCCCCCOC#N.Cc1cccc(Cc2ccc(OC#N)cc2)c1. The molecule has 3 aliphatic rings. The van der Waals surface area contributed by atoms with Crippen molar-refractivity contribution in [2.75, 3.05) is 26.4 Å². The summed E-state index contributed by atoms with van der Waals surface area (Å²) in [5, 5.41) is 41.4. The summed E-state index contributed by atoms with van der Waals surface area (Å²) in [6, 6.07) is 16.0. The second kappa shape index (κ2) is 45.6. The zero-order valence-electron chi connectivity index (χ0n) is 55.6. The van der Waals surface area contributed by atoms with Crippen LogP contribution in [0.5, 0.6) is 5.75 Å². The Morgan fingerprint density at radius 1 is 0.655 bits per heavy atom. The van der Waals surface area contributed by atoms with Crippen LogP contribution in [0.3, 0.4) is 0 Å². The molecule has 5 rings (SSSR count). The first-order valence-corrected chi connectivity index (χ1v) is 32.2. The van der Waals surface area contributed by atoms with Gasteiger partial charge in [-0.2, -0.15) is 21.0 Å². The van der Waals surface area contributed by atoms with Gasteiger partial charge in [-0.3, -0.25) is 0 Å². The highest BCUT2D eigenvalue weighted by Gasteiger charge is 2.39. The number of aliphatic imine (C=N–C) groups is 1. The first kappa shape index (κ1) is 78.3. The first-order valence-electron chi connectivity index (χ1n) is 32.2. The number of hydrogen-bond acceptors (Lipinski definition) is 12. The minimum absolute atomic E-state index is 0.129. The van der Waals surface area contributed by atoms with E-state index in [2.05, 4.69) is 138 Å². The Bertz CT molecular complexity index is 2260. The number of nitrogens with zero attached hydrogens (tertiary/aromatic N) is 6. The summed E-state index contributed by atoms with van der Waals surface area (Å²) in [6.45, 7) is 35.8. The van der Waals surface area contributed by atoms with Gasteiger partial charge < -0.3 is 23.7 Å². The fourth-order valence-electron chi connectivity index (χ4n) is 13.5. The van der Waals surface area contributed by atoms with E-state index in [0.717, 1.165) is 74.5 Å². The number of benzene rings is 2. The molecule has 3 saturated carbocycles. The van der Waals surface area contributed by atoms with Crippen LogP contribution in [0.2, 0.25) is 0 Å². The van der Waals surface area contributed by atoms with Gasteiger partial charge >= 0.3 is 0 Å². The Kier molecular flexibility index (Phi) is 42.5. The van der Waals surface area contributed by atoms with E-state index in [4.69, 9.17) is 45.3 Å². The summed E-state index contributed by atoms with van der Waals surface area (Å²) in [5.74, 6) is 5.39. The molecule has 2 aromatic rings. The topological polar surface area (TPSA) is 195 Å². The van der Waals surface area contributed by atoms with Gasteiger partial charge in [-0.1, -0.05) is 210 Å². The average Bonchev–Trinajstić information content (AvgIpc) is 3.57. The fourth-order valence-corrected chi connectivity index (χ4v) is 13.5. The molecule has 4 unspecified atom stereocenters. The molecule has 2 aromatic carbocycles. The highest BCUT2D eigenvalue weighted by atomic mass is 16.5. The van der Waals surface area contributed by atoms with E-state index in [1.54, 1.807) is 31.1 Å². The lowest BCUT2D eigenvalue weighted by Crippen LogP contribution is -2.36. The number of rotatable bonds is 26. The van der Waals surface area contributed by atoms with E-state index < -0.39 is 0 Å². The molecule has 0 saturated heterocycles. The second-order valence-corrected chi connectivity index (χ2v) is 27.9. The van der Waals surface area contributed by atoms with Gasteiger partial charge in [0.15, 0.2) is 0 Å². The van der Waals surface area contributed by atoms with E-state index in [-0.39, 0.29) is 16.9 Å². The van der Waals surface area contributed by atoms with Crippen LogP contribution < -0.4 is 4.74 Å². The Morgan fingerprint density at radius 2 is 1.26 bits per heavy atom. The molecule has 0 heterocycles. The van der Waals surface area contributed by atoms with E-state index in [1.165, 1.54) is 126 Å². The lowest BCUT2D eigenvalue weighted by molar-refractivity contribution is 0.0680. The minimum atomic E-state index is 0.129. The van der Waals surface area contributed by atoms with Gasteiger partial charge in [-0.05, 0) is 165 Å². The Hall–Kier alpha value is -5.73. The summed E-state index contributed by atoms with van der Waals surface area (Å²) in [7, 11) is 0. The van der Waals surface area contributed by atoms with Gasteiger partial charge in [0.25, 0.3) is 31.3 Å². The molecule has 3 fully saturated rings. The van der Waals surface area contributed by atoms with Crippen molar-refractivity contribution in [3.8, 4) is 37.0 Å². The molecule has 0 N–H and O–H groups in total. The lowest BCUT2D eigenvalue weighted by atomic mass is 9.61. The van der Waals surface area contributed by atoms with Gasteiger partial charge in [0.2, 0.25) is 6.08 Å². The third kappa shape index (κ3) is 41.3. The summed E-state index contributed by atoms with van der Waals surface area (Å²) < 4.78 is 23.8. The smallest absolute Gasteiger partial charge is 0.292 e. The minimum Gasteiger partial charge on any atom is -0.428 e. The first-order chi connectivity index (χ1) is 39.9. The van der Waals surface area contributed by atoms with Crippen molar-refractivity contribution in [3.63, 3.8) is 0 Å². The second-order valence-electron chi connectivity index (χ2n) is 27.9. The van der Waals surface area contributed by atoms with Crippen LogP contribution in [-0.4, -0.2) is 38.5 Å². The molecule has 4 atom stereocenters. The van der Waals surface area contributed by atoms with Crippen molar-refractivity contribution >= 4 is 6.08 Å². The van der Waals surface area contributed by atoms with Crippen molar-refractivity contribution in [1.29, 1.82) is 26.3 Å². The zero-order chi connectivity index (χ0) is 63.3. The van der Waals surface area contributed by atoms with Gasteiger partial charge in [0, 0.05) is 5.41 Å². The van der Waals surface area contributed by atoms with Crippen molar-refractivity contribution in [2.24, 2.45) is 62.2 Å². The van der Waals surface area contributed by atoms with Crippen LogP contribution in [0.15, 0.2) is 53.5 Å². The molecule has 0 bridgehead atoms. The van der Waals surface area contributed by atoms with Gasteiger partial charge in [0.1, 0.15) is 31.7 Å². The van der Waals surface area contributed by atoms with Crippen LogP contribution in [0.25, 0.3) is 0 Å². The molecular weight excluding hydrogens is 1040 g/mol. The Morgan fingerprint density at radius 3 is 1.80 bits per heavy atom. The molecule has 0 spiro atoms. The summed E-state index contributed by atoms with van der Waals surface area (Å²) in [6.07, 6.45) is 40.2. The molecule has 0 radical (unpaired) electrons. The third-order valence-electron chi connectivity index (χ3n) is 16.5. The van der Waals surface area contributed by atoms with Crippen molar-refractivity contribution < 1.29 is 28.5 Å². The number of ether oxygens (including phenoxy) is 5. The molecule has 0 aliphatic heterocycles. The molecular formula is C72H116N6O6. The molecule has 12 nitrogen and oxygen atoms in total. The monoisotopic (exact) mass is 1160 g/mol. The molecule has 0 amide bonds. The number of nitriles is 5. The van der Waals surface area contributed by atoms with Crippen molar-refractivity contribution in [1.82, 2.24) is 0 Å².